The zero-order valence-corrected chi connectivity index (χ0v) is 10.4. The van der Waals surface area contributed by atoms with Gasteiger partial charge in [0.25, 0.3) is 5.91 Å². The van der Waals surface area contributed by atoms with E-state index in [9.17, 15) is 9.59 Å². The van der Waals surface area contributed by atoms with Crippen molar-refractivity contribution in [2.45, 2.75) is 26.8 Å². The van der Waals surface area contributed by atoms with Gasteiger partial charge in [0.1, 0.15) is 6.04 Å². The second-order valence-corrected chi connectivity index (χ2v) is 3.69. The molecule has 17 heavy (non-hydrogen) atoms. The summed E-state index contributed by atoms with van der Waals surface area (Å²) in [6.07, 6.45) is 2.91. The standard InChI is InChI=1S/C11H18N4O2/c1-4-15(5-2)11(17)8(3)14-10(16)9-6-12-13-7-9/h6-8H,4-5H2,1-3H3,(H,12,13)(H,14,16). The molecule has 1 aromatic rings. The maximum Gasteiger partial charge on any atom is 0.255 e. The highest BCUT2D eigenvalue weighted by Crippen LogP contribution is 1.98. The molecule has 0 aliphatic heterocycles. The van der Waals surface area contributed by atoms with Gasteiger partial charge in [0.05, 0.1) is 11.8 Å². The molecular formula is C11H18N4O2. The predicted molar refractivity (Wildman–Crippen MR) is 63.4 cm³/mol. The molecule has 0 radical (unpaired) electrons. The van der Waals surface area contributed by atoms with E-state index in [4.69, 9.17) is 0 Å². The molecule has 0 saturated heterocycles. The van der Waals surface area contributed by atoms with Crippen LogP contribution in [0.5, 0.6) is 0 Å². The van der Waals surface area contributed by atoms with Crippen molar-refractivity contribution in [3.8, 4) is 0 Å². The Hall–Kier alpha value is -1.85. The molecule has 2 N–H and O–H groups in total. The summed E-state index contributed by atoms with van der Waals surface area (Å²) in [6.45, 7) is 6.78. The van der Waals surface area contributed by atoms with Crippen molar-refractivity contribution in [2.24, 2.45) is 0 Å². The number of nitrogens with zero attached hydrogens (tertiary/aromatic N) is 2. The first kappa shape index (κ1) is 13.2. The van der Waals surface area contributed by atoms with Gasteiger partial charge >= 0.3 is 0 Å². The van der Waals surface area contributed by atoms with Gasteiger partial charge in [-0.3, -0.25) is 14.7 Å². The van der Waals surface area contributed by atoms with E-state index in [0.29, 0.717) is 18.7 Å². The number of likely N-dealkylation sites (N-methyl/N-ethyl adjacent to an activating group) is 1. The van der Waals surface area contributed by atoms with Crippen molar-refractivity contribution in [2.75, 3.05) is 13.1 Å². The van der Waals surface area contributed by atoms with Gasteiger partial charge in [-0.25, -0.2) is 0 Å². The zero-order chi connectivity index (χ0) is 12.8. The van der Waals surface area contributed by atoms with Crippen LogP contribution in [0.2, 0.25) is 0 Å². The third kappa shape index (κ3) is 3.30. The number of hydrogen-bond acceptors (Lipinski definition) is 3. The molecule has 0 saturated carbocycles. The molecule has 1 atom stereocenters. The molecule has 0 spiro atoms. The Morgan fingerprint density at radius 1 is 1.47 bits per heavy atom. The smallest absolute Gasteiger partial charge is 0.255 e. The number of rotatable bonds is 5. The highest BCUT2D eigenvalue weighted by Gasteiger charge is 2.20. The maximum atomic E-state index is 11.9. The minimum atomic E-state index is -0.530. The topological polar surface area (TPSA) is 78.1 Å². The normalized spacial score (nSPS) is 11.9. The summed E-state index contributed by atoms with van der Waals surface area (Å²) in [7, 11) is 0. The monoisotopic (exact) mass is 238 g/mol. The molecule has 2 amide bonds. The molecule has 94 valence electrons. The molecule has 1 aromatic heterocycles. The van der Waals surface area contributed by atoms with E-state index < -0.39 is 6.04 Å². The Morgan fingerprint density at radius 2 is 2.12 bits per heavy atom. The molecule has 1 rings (SSSR count). The van der Waals surface area contributed by atoms with Gasteiger partial charge in [-0.2, -0.15) is 5.10 Å². The molecule has 0 bridgehead atoms. The van der Waals surface area contributed by atoms with Crippen LogP contribution in [0.15, 0.2) is 12.4 Å². The quantitative estimate of drug-likeness (QED) is 0.779. The Balaban J connectivity index is 2.57. The number of carbonyl (C=O) groups is 2. The van der Waals surface area contributed by atoms with Gasteiger partial charge in [0.2, 0.25) is 5.91 Å². The van der Waals surface area contributed by atoms with Crippen LogP contribution in [0, 0.1) is 0 Å². The lowest BCUT2D eigenvalue weighted by Crippen LogP contribution is -2.46. The van der Waals surface area contributed by atoms with Crippen LogP contribution in [0.4, 0.5) is 0 Å². The summed E-state index contributed by atoms with van der Waals surface area (Å²) < 4.78 is 0. The lowest BCUT2D eigenvalue weighted by atomic mass is 10.2. The fourth-order valence-electron chi connectivity index (χ4n) is 1.53. The van der Waals surface area contributed by atoms with Gasteiger partial charge in [0.15, 0.2) is 0 Å². The molecule has 6 heteroatoms. The lowest BCUT2D eigenvalue weighted by molar-refractivity contribution is -0.132. The van der Waals surface area contributed by atoms with Gasteiger partial charge < -0.3 is 10.2 Å². The first-order valence-electron chi connectivity index (χ1n) is 5.68. The fourth-order valence-corrected chi connectivity index (χ4v) is 1.53. The summed E-state index contributed by atoms with van der Waals surface area (Å²) in [5.41, 5.74) is 0.421. The Morgan fingerprint density at radius 3 is 2.59 bits per heavy atom. The van der Waals surface area contributed by atoms with Gasteiger partial charge in [-0.1, -0.05) is 0 Å². The van der Waals surface area contributed by atoms with Crippen LogP contribution in [-0.4, -0.2) is 46.0 Å². The second kappa shape index (κ2) is 6.03. The number of hydrogen-bond donors (Lipinski definition) is 2. The molecule has 0 aliphatic rings. The maximum absolute atomic E-state index is 11.9. The SMILES string of the molecule is CCN(CC)C(=O)C(C)NC(=O)c1cn[nH]c1. The molecule has 0 aromatic carbocycles. The van der Waals surface area contributed by atoms with Gasteiger partial charge in [-0.05, 0) is 20.8 Å². The predicted octanol–water partition coefficient (Wildman–Crippen LogP) is 0.396. The average Bonchev–Trinajstić information content (AvgIpc) is 2.83. The summed E-state index contributed by atoms with van der Waals surface area (Å²) in [5.74, 6) is -0.376. The van der Waals surface area contributed by atoms with Crippen molar-refractivity contribution < 1.29 is 9.59 Å². The van der Waals surface area contributed by atoms with Crippen LogP contribution in [0.25, 0.3) is 0 Å². The number of carbonyl (C=O) groups excluding carboxylic acids is 2. The summed E-state index contributed by atoms with van der Waals surface area (Å²) >= 11 is 0. The third-order valence-corrected chi connectivity index (χ3v) is 2.55. The average molecular weight is 238 g/mol. The van der Waals surface area contributed by atoms with Crippen LogP contribution >= 0.6 is 0 Å². The van der Waals surface area contributed by atoms with Crippen LogP contribution in [0.1, 0.15) is 31.1 Å². The number of nitrogens with one attached hydrogen (secondary N) is 2. The van der Waals surface area contributed by atoms with E-state index in [-0.39, 0.29) is 11.8 Å². The van der Waals surface area contributed by atoms with E-state index in [1.165, 1.54) is 12.4 Å². The van der Waals surface area contributed by atoms with Crippen molar-refractivity contribution >= 4 is 11.8 Å². The van der Waals surface area contributed by atoms with Crippen molar-refractivity contribution in [1.29, 1.82) is 0 Å². The Kier molecular flexibility index (Phi) is 4.68. The van der Waals surface area contributed by atoms with Crippen molar-refractivity contribution in [3.05, 3.63) is 18.0 Å². The first-order chi connectivity index (χ1) is 8.10. The van der Waals surface area contributed by atoms with Crippen LogP contribution < -0.4 is 5.32 Å². The van der Waals surface area contributed by atoms with Crippen molar-refractivity contribution in [3.63, 3.8) is 0 Å². The first-order valence-corrected chi connectivity index (χ1v) is 5.68. The molecule has 1 unspecified atom stereocenters. The lowest BCUT2D eigenvalue weighted by Gasteiger charge is -2.23. The van der Waals surface area contributed by atoms with Crippen LogP contribution in [-0.2, 0) is 4.79 Å². The van der Waals surface area contributed by atoms with Crippen molar-refractivity contribution in [1.82, 2.24) is 20.4 Å². The number of H-pyrrole nitrogens is 1. The molecule has 6 nitrogen and oxygen atoms in total. The Labute approximate surface area is 100 Å². The zero-order valence-electron chi connectivity index (χ0n) is 10.4. The van der Waals surface area contributed by atoms with E-state index in [0.717, 1.165) is 0 Å². The molecule has 1 heterocycles. The minimum Gasteiger partial charge on any atom is -0.341 e. The molecule has 0 fully saturated rings. The summed E-state index contributed by atoms with van der Waals surface area (Å²) in [6, 6.07) is -0.530. The minimum absolute atomic E-state index is 0.0770. The molecular weight excluding hydrogens is 220 g/mol. The number of amides is 2. The second-order valence-electron chi connectivity index (χ2n) is 3.69. The fraction of sp³-hybridized carbons (Fsp3) is 0.545. The van der Waals surface area contributed by atoms with Crippen LogP contribution in [0.3, 0.4) is 0 Å². The van der Waals surface area contributed by atoms with E-state index in [2.05, 4.69) is 15.5 Å². The third-order valence-electron chi connectivity index (χ3n) is 2.55. The number of aromatic amines is 1. The summed E-state index contributed by atoms with van der Waals surface area (Å²) in [4.78, 5) is 25.3. The molecule has 0 aliphatic carbocycles. The number of aromatic nitrogens is 2. The van der Waals surface area contributed by atoms with Gasteiger partial charge in [-0.15, -0.1) is 0 Å². The van der Waals surface area contributed by atoms with E-state index >= 15 is 0 Å². The van der Waals surface area contributed by atoms with E-state index in [1.54, 1.807) is 11.8 Å². The summed E-state index contributed by atoms with van der Waals surface area (Å²) in [5, 5.41) is 8.87. The highest BCUT2D eigenvalue weighted by atomic mass is 16.2. The van der Waals surface area contributed by atoms with Gasteiger partial charge in [0, 0.05) is 19.3 Å². The largest absolute Gasteiger partial charge is 0.341 e. The highest BCUT2D eigenvalue weighted by molar-refractivity contribution is 5.96. The van der Waals surface area contributed by atoms with E-state index in [1.807, 2.05) is 13.8 Å². The Bertz CT molecular complexity index is 371.